The summed E-state index contributed by atoms with van der Waals surface area (Å²) in [6.07, 6.45) is 3.69. The smallest absolute Gasteiger partial charge is 0.264 e. The summed E-state index contributed by atoms with van der Waals surface area (Å²) >= 11 is 0. The van der Waals surface area contributed by atoms with E-state index < -0.39 is 0 Å². The molecule has 0 saturated carbocycles. The number of carbonyl (C=O) groups excluding carboxylic acids is 1. The number of methoxy groups -OCH3 is 1. The van der Waals surface area contributed by atoms with Crippen molar-refractivity contribution in [3.8, 4) is 6.07 Å². The lowest BCUT2D eigenvalue weighted by atomic mass is 9.89. The van der Waals surface area contributed by atoms with Crippen LogP contribution in [0.3, 0.4) is 0 Å². The van der Waals surface area contributed by atoms with Gasteiger partial charge in [0.05, 0.1) is 0 Å². The molecule has 1 aromatic rings. The van der Waals surface area contributed by atoms with Gasteiger partial charge in [0.25, 0.3) is 5.91 Å². The van der Waals surface area contributed by atoms with E-state index in [-0.39, 0.29) is 11.5 Å². The average Bonchev–Trinajstić information content (AvgIpc) is 2.57. The molecule has 1 atom stereocenters. The Bertz CT molecular complexity index is 587. The summed E-state index contributed by atoms with van der Waals surface area (Å²) in [4.78, 5) is 14.1. The van der Waals surface area contributed by atoms with Crippen LogP contribution in [0.5, 0.6) is 0 Å². The second kappa shape index (κ2) is 9.81. The van der Waals surface area contributed by atoms with Gasteiger partial charge in [0.2, 0.25) is 0 Å². The van der Waals surface area contributed by atoms with E-state index in [9.17, 15) is 4.79 Å². The Morgan fingerprint density at radius 3 is 2.70 bits per heavy atom. The van der Waals surface area contributed by atoms with E-state index in [0.717, 1.165) is 19.4 Å². The van der Waals surface area contributed by atoms with Gasteiger partial charge >= 0.3 is 0 Å². The molecule has 1 heterocycles. The summed E-state index contributed by atoms with van der Waals surface area (Å²) in [6.45, 7) is 5.28. The number of rotatable bonds is 2. The topological polar surface area (TPSA) is 53.3 Å². The molecule has 0 aromatic heterocycles. The van der Waals surface area contributed by atoms with Crippen LogP contribution in [0.4, 0.5) is 0 Å². The van der Waals surface area contributed by atoms with Crippen molar-refractivity contribution in [1.29, 1.82) is 5.26 Å². The fraction of sp³-hybridized carbons (Fsp3) is 0.474. The molecule has 1 aliphatic rings. The van der Waals surface area contributed by atoms with Crippen molar-refractivity contribution in [1.82, 2.24) is 4.90 Å². The van der Waals surface area contributed by atoms with Crippen LogP contribution in [-0.2, 0) is 9.53 Å². The molecule has 4 heteroatoms. The minimum atomic E-state index is -0.132. The highest BCUT2D eigenvalue weighted by molar-refractivity contribution is 5.97. The maximum Gasteiger partial charge on any atom is 0.264 e. The van der Waals surface area contributed by atoms with Crippen LogP contribution < -0.4 is 0 Å². The molecule has 1 unspecified atom stereocenters. The molecule has 0 radical (unpaired) electrons. The molecule has 1 amide bonds. The van der Waals surface area contributed by atoms with E-state index >= 15 is 0 Å². The van der Waals surface area contributed by atoms with Crippen molar-refractivity contribution in [2.24, 2.45) is 0 Å². The molecule has 1 aromatic carbocycles. The van der Waals surface area contributed by atoms with Gasteiger partial charge in [-0.3, -0.25) is 4.79 Å². The number of amides is 1. The van der Waals surface area contributed by atoms with Gasteiger partial charge in [0, 0.05) is 33.2 Å². The van der Waals surface area contributed by atoms with Crippen molar-refractivity contribution in [2.75, 3.05) is 27.3 Å². The highest BCUT2D eigenvalue weighted by Crippen LogP contribution is 2.28. The molecular weight excluding hydrogens is 288 g/mol. The molecular formula is C19H26N2O2. The molecule has 0 aliphatic carbocycles. The number of ether oxygens (including phenoxy) is 1. The Balaban J connectivity index is 0.000000816. The van der Waals surface area contributed by atoms with E-state index in [1.54, 1.807) is 27.2 Å². The van der Waals surface area contributed by atoms with E-state index in [2.05, 4.69) is 35.9 Å². The predicted octanol–water partition coefficient (Wildman–Crippen LogP) is 3.43. The van der Waals surface area contributed by atoms with Crippen LogP contribution in [0, 0.1) is 18.3 Å². The second-order valence-corrected chi connectivity index (χ2v) is 5.73. The van der Waals surface area contributed by atoms with E-state index in [4.69, 9.17) is 5.26 Å². The third-order valence-corrected chi connectivity index (χ3v) is 3.86. The summed E-state index contributed by atoms with van der Waals surface area (Å²) in [6, 6.07) is 10.5. The van der Waals surface area contributed by atoms with Gasteiger partial charge in [-0.1, -0.05) is 35.9 Å². The van der Waals surface area contributed by atoms with Crippen molar-refractivity contribution < 1.29 is 9.53 Å². The third-order valence-electron chi connectivity index (χ3n) is 3.86. The first-order valence-corrected chi connectivity index (χ1v) is 7.89. The lowest BCUT2D eigenvalue weighted by Gasteiger charge is -2.33. The van der Waals surface area contributed by atoms with Gasteiger partial charge in [-0.25, -0.2) is 0 Å². The van der Waals surface area contributed by atoms with Gasteiger partial charge in [-0.05, 0) is 32.3 Å². The van der Waals surface area contributed by atoms with Crippen molar-refractivity contribution in [3.63, 3.8) is 0 Å². The highest BCUT2D eigenvalue weighted by atomic mass is 16.4. The van der Waals surface area contributed by atoms with Crippen LogP contribution in [0.15, 0.2) is 35.9 Å². The fourth-order valence-corrected chi connectivity index (χ4v) is 2.76. The van der Waals surface area contributed by atoms with E-state index in [1.165, 1.54) is 11.1 Å². The van der Waals surface area contributed by atoms with Crippen LogP contribution in [0.25, 0.3) is 0 Å². The molecule has 0 bridgehead atoms. The Kier molecular flexibility index (Phi) is 8.07. The first kappa shape index (κ1) is 18.9. The zero-order valence-electron chi connectivity index (χ0n) is 14.5. The monoisotopic (exact) mass is 314 g/mol. The number of likely N-dealkylation sites (tertiary alicyclic amines) is 1. The number of nitrogens with zero attached hydrogens (tertiary/aromatic N) is 2. The lowest BCUT2D eigenvalue weighted by molar-refractivity contribution is -0.127. The Morgan fingerprint density at radius 2 is 2.13 bits per heavy atom. The molecule has 2 rings (SSSR count). The molecule has 0 N–H and O–H groups in total. The molecule has 4 nitrogen and oxygen atoms in total. The van der Waals surface area contributed by atoms with Crippen molar-refractivity contribution >= 4 is 5.91 Å². The maximum atomic E-state index is 12.2. The number of benzene rings is 1. The summed E-state index contributed by atoms with van der Waals surface area (Å²) < 4.78 is 4.25. The first-order valence-electron chi connectivity index (χ1n) is 7.89. The Labute approximate surface area is 139 Å². The van der Waals surface area contributed by atoms with E-state index in [1.807, 2.05) is 11.0 Å². The summed E-state index contributed by atoms with van der Waals surface area (Å²) in [5.74, 6) is 0.247. The second-order valence-electron chi connectivity index (χ2n) is 5.73. The van der Waals surface area contributed by atoms with Crippen LogP contribution in [-0.4, -0.2) is 38.1 Å². The fourth-order valence-electron chi connectivity index (χ4n) is 2.76. The van der Waals surface area contributed by atoms with Crippen molar-refractivity contribution in [3.05, 3.63) is 47.0 Å². The number of nitriles is 1. The minimum Gasteiger partial charge on any atom is -0.388 e. The Morgan fingerprint density at radius 1 is 1.43 bits per heavy atom. The van der Waals surface area contributed by atoms with Crippen LogP contribution in [0.2, 0.25) is 0 Å². The summed E-state index contributed by atoms with van der Waals surface area (Å²) in [5.41, 5.74) is 2.79. The SMILES string of the molecule is C/C=C(\C#N)C(=O)N1CCCC(c2cccc(C)c2)C1.COC. The quantitative estimate of drug-likeness (QED) is 0.621. The van der Waals surface area contributed by atoms with Crippen molar-refractivity contribution in [2.45, 2.75) is 32.6 Å². The number of allylic oxidation sites excluding steroid dienone is 1. The first-order chi connectivity index (χ1) is 11.1. The minimum absolute atomic E-state index is 0.132. The predicted molar refractivity (Wildman–Crippen MR) is 92.0 cm³/mol. The normalized spacial score (nSPS) is 17.8. The largest absolute Gasteiger partial charge is 0.388 e. The Hall–Kier alpha value is -2.12. The van der Waals surface area contributed by atoms with Crippen LogP contribution >= 0.6 is 0 Å². The number of hydrogen-bond acceptors (Lipinski definition) is 3. The molecule has 23 heavy (non-hydrogen) atoms. The molecule has 1 fully saturated rings. The molecule has 0 spiro atoms. The lowest BCUT2D eigenvalue weighted by Crippen LogP contribution is -2.39. The highest BCUT2D eigenvalue weighted by Gasteiger charge is 2.26. The average molecular weight is 314 g/mol. The van der Waals surface area contributed by atoms with Gasteiger partial charge in [-0.15, -0.1) is 0 Å². The summed E-state index contributed by atoms with van der Waals surface area (Å²) in [5, 5.41) is 8.98. The van der Waals surface area contributed by atoms with Gasteiger partial charge in [0.1, 0.15) is 11.6 Å². The maximum absolute atomic E-state index is 12.2. The van der Waals surface area contributed by atoms with Gasteiger partial charge in [-0.2, -0.15) is 5.26 Å². The zero-order valence-corrected chi connectivity index (χ0v) is 14.5. The number of hydrogen-bond donors (Lipinski definition) is 0. The molecule has 1 saturated heterocycles. The zero-order chi connectivity index (χ0) is 17.2. The standard InChI is InChI=1S/C17H20N2O.C2H6O/c1-3-14(11-18)17(20)19-9-5-8-16(12-19)15-7-4-6-13(2)10-15;1-3-2/h3-4,6-7,10,16H,5,8-9,12H2,1-2H3;1-2H3/b14-3+;. The van der Waals surface area contributed by atoms with Gasteiger partial charge in [0.15, 0.2) is 0 Å². The summed E-state index contributed by atoms with van der Waals surface area (Å²) in [7, 11) is 3.25. The number of carbonyl (C=O) groups is 1. The molecule has 1 aliphatic heterocycles. The number of piperidine rings is 1. The van der Waals surface area contributed by atoms with E-state index in [0.29, 0.717) is 12.5 Å². The molecule has 124 valence electrons. The van der Waals surface area contributed by atoms with Crippen LogP contribution in [0.1, 0.15) is 36.8 Å². The number of aryl methyl sites for hydroxylation is 1. The van der Waals surface area contributed by atoms with Gasteiger partial charge < -0.3 is 9.64 Å². The third kappa shape index (κ3) is 5.54.